The van der Waals surface area contributed by atoms with Gasteiger partial charge in [-0.3, -0.25) is 0 Å². The van der Waals surface area contributed by atoms with E-state index in [9.17, 15) is 35.1 Å². The summed E-state index contributed by atoms with van der Waals surface area (Å²) in [5.74, 6) is -5.80. The van der Waals surface area contributed by atoms with E-state index in [1.807, 2.05) is 0 Å². The Balaban J connectivity index is 5.90. The molecule has 12 heteroatoms. The van der Waals surface area contributed by atoms with Crippen molar-refractivity contribution in [2.24, 2.45) is 0 Å². The van der Waals surface area contributed by atoms with E-state index in [0.717, 1.165) is 15.9 Å². The first kappa shape index (κ1) is 18.2. The molecule has 0 amide bonds. The highest BCUT2D eigenvalue weighted by Crippen LogP contribution is 2.61. The fourth-order valence-corrected chi connectivity index (χ4v) is 1.80. The van der Waals surface area contributed by atoms with Crippen LogP contribution in [0.25, 0.3) is 0 Å². The minimum atomic E-state index is -6.30. The van der Waals surface area contributed by atoms with Crippen molar-refractivity contribution in [3.05, 3.63) is 0 Å². The number of halogens is 11. The molecule has 0 bridgehead atoms. The van der Waals surface area contributed by atoms with Gasteiger partial charge in [0.2, 0.25) is 0 Å². The molecule has 0 unspecified atom stereocenters. The van der Waals surface area contributed by atoms with Gasteiger partial charge >= 0.3 is 21.8 Å². The van der Waals surface area contributed by atoms with Crippen molar-refractivity contribution < 1.29 is 35.1 Å². The topological polar surface area (TPSA) is 23.8 Å². The Kier molecular flexibility index (Phi) is 4.67. The molecule has 0 aromatic carbocycles. The molecule has 0 heterocycles. The van der Waals surface area contributed by atoms with Crippen LogP contribution in [0.1, 0.15) is 0 Å². The zero-order chi connectivity index (χ0) is 15.2. The van der Waals surface area contributed by atoms with Crippen LogP contribution in [0.3, 0.4) is 0 Å². The zero-order valence-corrected chi connectivity index (χ0v) is 11.5. The molecule has 0 aliphatic carbocycles. The molecule has 1 nitrogen and oxygen atoms in total. The fraction of sp³-hybridized carbons (Fsp3) is 0.833. The first-order valence-electron chi connectivity index (χ1n) is 3.55. The van der Waals surface area contributed by atoms with E-state index in [2.05, 4.69) is 11.6 Å². The van der Waals surface area contributed by atoms with Crippen LogP contribution in [0.5, 0.6) is 0 Å². The summed E-state index contributed by atoms with van der Waals surface area (Å²) in [5.41, 5.74) is 0. The lowest BCUT2D eigenvalue weighted by molar-refractivity contribution is -0.261. The van der Waals surface area contributed by atoms with E-state index in [0.29, 0.717) is 0 Å². The molecule has 0 saturated heterocycles. The molecular formula is C6Br2ClF8N. The summed E-state index contributed by atoms with van der Waals surface area (Å²) in [6.07, 6.45) is -6.30. The van der Waals surface area contributed by atoms with Crippen LogP contribution in [0.15, 0.2) is 0 Å². The zero-order valence-electron chi connectivity index (χ0n) is 7.60. The van der Waals surface area contributed by atoms with Crippen molar-refractivity contribution in [2.45, 2.75) is 26.4 Å². The smallest absolute Gasteiger partial charge is 0.219 e. The second kappa shape index (κ2) is 4.63. The SMILES string of the molecule is N#C[C@@](F)(Br)C(F)(F)[C@](F)(Br)[C@@](F)(Cl)C(F)(F)F. The highest BCUT2D eigenvalue weighted by molar-refractivity contribution is 9.10. The molecule has 3 atom stereocenters. The average Bonchev–Trinajstić information content (AvgIpc) is 2.15. The van der Waals surface area contributed by atoms with Gasteiger partial charge < -0.3 is 0 Å². The molecule has 0 aliphatic heterocycles. The summed E-state index contributed by atoms with van der Waals surface area (Å²) in [7, 11) is 0. The Morgan fingerprint density at radius 2 is 1.22 bits per heavy atom. The van der Waals surface area contributed by atoms with E-state index in [1.165, 1.54) is 15.9 Å². The second-order valence-corrected chi connectivity index (χ2v) is 5.61. The van der Waals surface area contributed by atoms with Gasteiger partial charge in [-0.15, -0.1) is 0 Å². The van der Waals surface area contributed by atoms with Crippen molar-refractivity contribution in [1.82, 2.24) is 0 Å². The molecule has 106 valence electrons. The van der Waals surface area contributed by atoms with Gasteiger partial charge in [-0.25, -0.2) is 13.2 Å². The van der Waals surface area contributed by atoms with Gasteiger partial charge in [-0.05, 0) is 31.9 Å². The largest absolute Gasteiger partial charge is 0.441 e. The van der Waals surface area contributed by atoms with Crippen LogP contribution in [-0.2, 0) is 0 Å². The standard InChI is InChI=1S/C6Br2ClF8N/c7-2(10,1-18)5(13,14)3(8,11)4(9,12)6(15,16)17/t2-,3-,4-/m0/s1. The average molecular weight is 433 g/mol. The van der Waals surface area contributed by atoms with Crippen molar-refractivity contribution in [3.8, 4) is 6.07 Å². The monoisotopic (exact) mass is 431 g/mol. The maximum absolute atomic E-state index is 13.3. The molecule has 0 aromatic rings. The molecule has 0 rings (SSSR count). The van der Waals surface area contributed by atoms with E-state index in [-0.39, 0.29) is 6.07 Å². The van der Waals surface area contributed by atoms with E-state index < -0.39 is 26.4 Å². The highest BCUT2D eigenvalue weighted by Gasteiger charge is 2.82. The second-order valence-electron chi connectivity index (χ2n) is 2.91. The Morgan fingerprint density at radius 1 is 0.889 bits per heavy atom. The number of hydrogen-bond donors (Lipinski definition) is 0. The predicted octanol–water partition coefficient (Wildman–Crippen LogP) is 4.73. The van der Waals surface area contributed by atoms with Crippen molar-refractivity contribution in [3.63, 3.8) is 0 Å². The van der Waals surface area contributed by atoms with Gasteiger partial charge in [0.25, 0.3) is 4.58 Å². The maximum Gasteiger partial charge on any atom is 0.441 e. The fourth-order valence-electron chi connectivity index (χ4n) is 0.643. The number of nitriles is 1. The van der Waals surface area contributed by atoms with Crippen LogP contribution in [0, 0.1) is 11.3 Å². The van der Waals surface area contributed by atoms with Gasteiger partial charge in [0.1, 0.15) is 6.07 Å². The highest BCUT2D eigenvalue weighted by atomic mass is 79.9. The Bertz CT molecular complexity index is 371. The summed E-state index contributed by atoms with van der Waals surface area (Å²) < 4.78 is 91.5. The quantitative estimate of drug-likeness (QED) is 0.466. The van der Waals surface area contributed by atoms with Gasteiger partial charge in [0, 0.05) is 0 Å². The number of alkyl halides is 11. The Hall–Kier alpha value is 0.180. The van der Waals surface area contributed by atoms with Gasteiger partial charge in [-0.1, -0.05) is 11.6 Å². The molecule has 0 saturated carbocycles. The lowest BCUT2D eigenvalue weighted by atomic mass is 10.0. The minimum Gasteiger partial charge on any atom is -0.219 e. The van der Waals surface area contributed by atoms with Gasteiger partial charge in [0.15, 0.2) is 0 Å². The van der Waals surface area contributed by atoms with E-state index in [4.69, 9.17) is 5.26 Å². The number of rotatable bonds is 3. The molecule has 0 aromatic heterocycles. The normalized spacial score (nSPS) is 23.4. The lowest BCUT2D eigenvalue weighted by Crippen LogP contribution is -2.64. The number of nitrogens with zero attached hydrogens (tertiary/aromatic N) is 1. The Morgan fingerprint density at radius 3 is 1.44 bits per heavy atom. The Labute approximate surface area is 116 Å². The lowest BCUT2D eigenvalue weighted by Gasteiger charge is -2.38. The van der Waals surface area contributed by atoms with Crippen LogP contribution in [0.2, 0.25) is 0 Å². The first-order chi connectivity index (χ1) is 7.56. The molecule has 0 spiro atoms. The van der Waals surface area contributed by atoms with Gasteiger partial charge in [0.05, 0.1) is 0 Å². The molecule has 0 aliphatic rings. The summed E-state index contributed by atoms with van der Waals surface area (Å²) in [5, 5.41) is 2.30. The van der Waals surface area contributed by atoms with E-state index in [1.54, 1.807) is 0 Å². The van der Waals surface area contributed by atoms with Crippen molar-refractivity contribution >= 4 is 43.5 Å². The minimum absolute atomic E-state index is 0.149. The summed E-state index contributed by atoms with van der Waals surface area (Å²) in [4.78, 5) is 0. The summed E-state index contributed by atoms with van der Waals surface area (Å²) in [6, 6.07) is 0.149. The third-order valence-electron chi connectivity index (χ3n) is 1.68. The predicted molar refractivity (Wildman–Crippen MR) is 51.8 cm³/mol. The third-order valence-corrected chi connectivity index (χ3v) is 4.10. The first-order valence-corrected chi connectivity index (χ1v) is 5.52. The molecule has 18 heavy (non-hydrogen) atoms. The van der Waals surface area contributed by atoms with E-state index >= 15 is 0 Å². The van der Waals surface area contributed by atoms with Crippen molar-refractivity contribution in [2.75, 3.05) is 0 Å². The number of hydrogen-bond acceptors (Lipinski definition) is 1. The van der Waals surface area contributed by atoms with Gasteiger partial charge in [-0.2, -0.15) is 27.2 Å². The van der Waals surface area contributed by atoms with Crippen molar-refractivity contribution in [1.29, 1.82) is 5.26 Å². The van der Waals surface area contributed by atoms with Crippen LogP contribution in [0.4, 0.5) is 35.1 Å². The van der Waals surface area contributed by atoms with Crippen LogP contribution in [-0.4, -0.2) is 26.4 Å². The molecule has 0 fully saturated rings. The third kappa shape index (κ3) is 2.43. The molecular weight excluding hydrogens is 433 g/mol. The van der Waals surface area contributed by atoms with Crippen LogP contribution < -0.4 is 0 Å². The summed E-state index contributed by atoms with van der Waals surface area (Å²) in [6.45, 7) is 0. The van der Waals surface area contributed by atoms with Crippen LogP contribution >= 0.6 is 43.5 Å². The molecule has 0 N–H and O–H groups in total. The maximum atomic E-state index is 13.3. The summed E-state index contributed by atoms with van der Waals surface area (Å²) >= 11 is 6.49. The molecule has 0 radical (unpaired) electrons.